The molecule has 0 aromatic heterocycles. The smallest absolute Gasteiger partial charge is 0.203 e. The van der Waals surface area contributed by atoms with Gasteiger partial charge in [-0.1, -0.05) is 6.08 Å². The first-order valence-electron chi connectivity index (χ1n) is 7.69. The minimum Gasteiger partial charge on any atom is -0.504 e. The predicted molar refractivity (Wildman–Crippen MR) is 92.0 cm³/mol. The van der Waals surface area contributed by atoms with Crippen LogP contribution in [0.5, 0.6) is 28.7 Å². The Bertz CT molecular complexity index is 808. The van der Waals surface area contributed by atoms with Crippen LogP contribution in [0.1, 0.15) is 15.9 Å². The van der Waals surface area contributed by atoms with Gasteiger partial charge in [-0.25, -0.2) is 0 Å². The molecule has 2 aromatic carbocycles. The van der Waals surface area contributed by atoms with Gasteiger partial charge in [-0.3, -0.25) is 4.79 Å². The van der Waals surface area contributed by atoms with Crippen molar-refractivity contribution < 1.29 is 28.8 Å². The maximum atomic E-state index is 12.3. The fourth-order valence-corrected chi connectivity index (χ4v) is 2.49. The van der Waals surface area contributed by atoms with E-state index in [1.165, 1.54) is 31.4 Å². The van der Waals surface area contributed by atoms with Gasteiger partial charge in [0.25, 0.3) is 0 Å². The third kappa shape index (κ3) is 3.52. The zero-order valence-corrected chi connectivity index (χ0v) is 13.9. The van der Waals surface area contributed by atoms with Crippen molar-refractivity contribution in [3.63, 3.8) is 0 Å². The monoisotopic (exact) mass is 342 g/mol. The van der Waals surface area contributed by atoms with E-state index >= 15 is 0 Å². The predicted octanol–water partition coefficient (Wildman–Crippen LogP) is 3.08. The quantitative estimate of drug-likeness (QED) is 0.665. The standard InChI is InChI=1S/C19H18O6/c1-22-16-11-13(4-6-15(16)21)14(20)5-3-12-9-17(23-2)19-18(10-12)24-7-8-25-19/h3-6,9-11,21H,7-8H2,1-2H3/b5-3+. The molecular formula is C19H18O6. The lowest BCUT2D eigenvalue weighted by Gasteiger charge is -2.20. The van der Waals surface area contributed by atoms with Gasteiger partial charge in [-0.05, 0) is 42.0 Å². The van der Waals surface area contributed by atoms with Gasteiger partial charge < -0.3 is 24.1 Å². The van der Waals surface area contributed by atoms with E-state index < -0.39 is 0 Å². The molecule has 0 saturated carbocycles. The normalized spacial score (nSPS) is 12.9. The molecule has 1 aliphatic rings. The number of phenols is 1. The number of hydrogen-bond donors (Lipinski definition) is 1. The second-order valence-corrected chi connectivity index (χ2v) is 5.33. The van der Waals surface area contributed by atoms with Crippen LogP contribution in [0, 0.1) is 0 Å². The van der Waals surface area contributed by atoms with Gasteiger partial charge in [0.2, 0.25) is 5.75 Å². The van der Waals surface area contributed by atoms with E-state index in [9.17, 15) is 9.90 Å². The van der Waals surface area contributed by atoms with Gasteiger partial charge in [0.15, 0.2) is 28.8 Å². The highest BCUT2D eigenvalue weighted by atomic mass is 16.6. The molecule has 3 rings (SSSR count). The maximum Gasteiger partial charge on any atom is 0.203 e. The molecule has 0 radical (unpaired) electrons. The molecule has 1 aliphatic heterocycles. The van der Waals surface area contributed by atoms with Crippen molar-refractivity contribution in [2.24, 2.45) is 0 Å². The third-order valence-corrected chi connectivity index (χ3v) is 3.74. The number of hydrogen-bond acceptors (Lipinski definition) is 6. The molecule has 0 fully saturated rings. The second kappa shape index (κ2) is 7.17. The Labute approximate surface area is 145 Å². The van der Waals surface area contributed by atoms with Crippen LogP contribution >= 0.6 is 0 Å². The van der Waals surface area contributed by atoms with E-state index in [1.54, 1.807) is 25.3 Å². The van der Waals surface area contributed by atoms with Gasteiger partial charge in [-0.2, -0.15) is 0 Å². The summed E-state index contributed by atoms with van der Waals surface area (Å²) >= 11 is 0. The van der Waals surface area contributed by atoms with Crippen LogP contribution in [0.3, 0.4) is 0 Å². The molecular weight excluding hydrogens is 324 g/mol. The Morgan fingerprint density at radius 2 is 1.84 bits per heavy atom. The van der Waals surface area contributed by atoms with Gasteiger partial charge in [0.05, 0.1) is 14.2 Å². The number of ether oxygens (including phenoxy) is 4. The summed E-state index contributed by atoms with van der Waals surface area (Å²) in [5.74, 6) is 1.73. The lowest BCUT2D eigenvalue weighted by Crippen LogP contribution is -2.16. The third-order valence-electron chi connectivity index (χ3n) is 3.74. The van der Waals surface area contributed by atoms with E-state index in [-0.39, 0.29) is 17.3 Å². The number of rotatable bonds is 5. The van der Waals surface area contributed by atoms with Crippen molar-refractivity contribution in [3.05, 3.63) is 47.5 Å². The van der Waals surface area contributed by atoms with Crippen molar-refractivity contribution in [2.75, 3.05) is 27.4 Å². The number of fused-ring (bicyclic) bond motifs is 1. The van der Waals surface area contributed by atoms with Crippen LogP contribution in [0.15, 0.2) is 36.4 Å². The number of aromatic hydroxyl groups is 1. The molecule has 6 nitrogen and oxygen atoms in total. The second-order valence-electron chi connectivity index (χ2n) is 5.33. The zero-order chi connectivity index (χ0) is 17.8. The minimum absolute atomic E-state index is 0.0143. The van der Waals surface area contributed by atoms with E-state index in [1.807, 2.05) is 0 Å². The molecule has 0 saturated heterocycles. The van der Waals surface area contributed by atoms with E-state index in [4.69, 9.17) is 18.9 Å². The summed E-state index contributed by atoms with van der Waals surface area (Å²) < 4.78 is 21.5. The highest BCUT2D eigenvalue weighted by Crippen LogP contribution is 2.40. The summed E-state index contributed by atoms with van der Waals surface area (Å²) in [5.41, 5.74) is 1.16. The van der Waals surface area contributed by atoms with Crippen LogP contribution in [-0.2, 0) is 0 Å². The Hall–Kier alpha value is -3.15. The summed E-state index contributed by atoms with van der Waals surface area (Å²) in [7, 11) is 2.98. The molecule has 0 amide bonds. The van der Waals surface area contributed by atoms with Gasteiger partial charge in [0, 0.05) is 5.56 Å². The highest BCUT2D eigenvalue weighted by Gasteiger charge is 2.18. The Morgan fingerprint density at radius 3 is 2.60 bits per heavy atom. The largest absolute Gasteiger partial charge is 0.504 e. The van der Waals surface area contributed by atoms with Crippen molar-refractivity contribution >= 4 is 11.9 Å². The highest BCUT2D eigenvalue weighted by molar-refractivity contribution is 6.07. The zero-order valence-electron chi connectivity index (χ0n) is 13.9. The Balaban J connectivity index is 1.85. The molecule has 0 atom stereocenters. The van der Waals surface area contributed by atoms with Gasteiger partial charge in [0.1, 0.15) is 13.2 Å². The molecule has 0 bridgehead atoms. The summed E-state index contributed by atoms with van der Waals surface area (Å²) in [6.07, 6.45) is 3.11. The number of phenolic OH excluding ortho intramolecular Hbond substituents is 1. The topological polar surface area (TPSA) is 74.2 Å². The van der Waals surface area contributed by atoms with Crippen molar-refractivity contribution in [1.29, 1.82) is 0 Å². The molecule has 0 unspecified atom stereocenters. The first-order chi connectivity index (χ1) is 12.1. The molecule has 25 heavy (non-hydrogen) atoms. The maximum absolute atomic E-state index is 12.3. The first kappa shape index (κ1) is 16.7. The van der Waals surface area contributed by atoms with E-state index in [0.717, 1.165) is 5.56 Å². The number of benzene rings is 2. The summed E-state index contributed by atoms with van der Waals surface area (Å²) in [6.45, 7) is 0.940. The van der Waals surface area contributed by atoms with Crippen molar-refractivity contribution in [3.8, 4) is 28.7 Å². The Morgan fingerprint density at radius 1 is 1.08 bits per heavy atom. The number of ketones is 1. The van der Waals surface area contributed by atoms with E-state index in [0.29, 0.717) is 36.0 Å². The fraction of sp³-hybridized carbons (Fsp3) is 0.211. The molecule has 6 heteroatoms. The van der Waals surface area contributed by atoms with Crippen LogP contribution in [0.2, 0.25) is 0 Å². The lowest BCUT2D eigenvalue weighted by atomic mass is 10.1. The molecule has 1 heterocycles. The number of methoxy groups -OCH3 is 2. The van der Waals surface area contributed by atoms with Crippen LogP contribution in [-0.4, -0.2) is 38.3 Å². The molecule has 0 aliphatic carbocycles. The van der Waals surface area contributed by atoms with Crippen LogP contribution < -0.4 is 18.9 Å². The molecule has 0 spiro atoms. The summed E-state index contributed by atoms with van der Waals surface area (Å²) in [4.78, 5) is 12.3. The molecule has 1 N–H and O–H groups in total. The van der Waals surface area contributed by atoms with Gasteiger partial charge >= 0.3 is 0 Å². The number of carbonyl (C=O) groups excluding carboxylic acids is 1. The number of allylic oxidation sites excluding steroid dienone is 1. The van der Waals surface area contributed by atoms with Crippen LogP contribution in [0.25, 0.3) is 6.08 Å². The van der Waals surface area contributed by atoms with E-state index in [2.05, 4.69) is 0 Å². The molecule has 2 aromatic rings. The average Bonchev–Trinajstić information content (AvgIpc) is 2.65. The minimum atomic E-state index is -0.216. The lowest BCUT2D eigenvalue weighted by molar-refractivity contribution is 0.104. The SMILES string of the molecule is COc1cc(C(=O)/C=C/c2cc(OC)c3c(c2)OCCO3)ccc1O. The Kier molecular flexibility index (Phi) is 4.79. The number of carbonyl (C=O) groups is 1. The fourth-order valence-electron chi connectivity index (χ4n) is 2.49. The molecule has 130 valence electrons. The average molecular weight is 342 g/mol. The van der Waals surface area contributed by atoms with Crippen LogP contribution in [0.4, 0.5) is 0 Å². The van der Waals surface area contributed by atoms with Gasteiger partial charge in [-0.15, -0.1) is 0 Å². The van der Waals surface area contributed by atoms with Crippen molar-refractivity contribution in [1.82, 2.24) is 0 Å². The first-order valence-corrected chi connectivity index (χ1v) is 7.69. The summed E-state index contributed by atoms with van der Waals surface area (Å²) in [5, 5.41) is 9.60. The summed E-state index contributed by atoms with van der Waals surface area (Å²) in [6, 6.07) is 8.02. The van der Waals surface area contributed by atoms with Crippen molar-refractivity contribution in [2.45, 2.75) is 0 Å².